The van der Waals surface area contributed by atoms with Crippen molar-refractivity contribution in [2.75, 3.05) is 0 Å². The van der Waals surface area contributed by atoms with Crippen molar-refractivity contribution < 1.29 is 14.4 Å². The van der Waals surface area contributed by atoms with Crippen molar-refractivity contribution in [1.29, 1.82) is 5.41 Å². The van der Waals surface area contributed by atoms with Crippen LogP contribution in [-0.4, -0.2) is 5.84 Å². The third-order valence-electron chi connectivity index (χ3n) is 1.73. The molecule has 5 nitrogen and oxygen atoms in total. The Hall–Kier alpha value is -1.16. The summed E-state index contributed by atoms with van der Waals surface area (Å²) in [7, 11) is -4.90. The standard InChI is InChI=1S/C8H11N2O3P/c9-8(10)7(14(11,12)13)6-4-2-1-3-5-6/h1-5,7H,(H3,9,10)(H2,11,12,13)/p-2. The number of benzene rings is 1. The van der Waals surface area contributed by atoms with Gasteiger partial charge >= 0.3 is 0 Å². The second-order valence-corrected chi connectivity index (χ2v) is 4.40. The number of amidine groups is 1. The number of nitrogens with one attached hydrogen (secondary N) is 1. The lowest BCUT2D eigenvalue weighted by Gasteiger charge is -2.37. The van der Waals surface area contributed by atoms with Crippen molar-refractivity contribution in [2.24, 2.45) is 5.73 Å². The van der Waals surface area contributed by atoms with Crippen molar-refractivity contribution >= 4 is 13.4 Å². The number of nitrogens with two attached hydrogens (primary N) is 1. The van der Waals surface area contributed by atoms with E-state index in [4.69, 9.17) is 11.1 Å². The van der Waals surface area contributed by atoms with Crippen LogP contribution in [0.2, 0.25) is 0 Å². The lowest BCUT2D eigenvalue weighted by molar-refractivity contribution is -0.315. The molecule has 0 saturated carbocycles. The van der Waals surface area contributed by atoms with E-state index in [9.17, 15) is 14.4 Å². The SMILES string of the molecule is N=C(N)C(c1ccccc1)P(=O)([O-])[O-]. The van der Waals surface area contributed by atoms with Gasteiger partial charge in [0.15, 0.2) is 0 Å². The molecule has 1 aromatic rings. The zero-order valence-electron chi connectivity index (χ0n) is 7.21. The Bertz CT molecular complexity index is 373. The third-order valence-corrected chi connectivity index (χ3v) is 2.93. The van der Waals surface area contributed by atoms with E-state index in [-0.39, 0.29) is 5.56 Å². The maximum atomic E-state index is 10.8. The van der Waals surface area contributed by atoms with Crippen LogP contribution in [0.5, 0.6) is 0 Å². The molecule has 6 heteroatoms. The van der Waals surface area contributed by atoms with E-state index < -0.39 is 19.1 Å². The normalized spacial score (nSPS) is 13.6. The molecule has 14 heavy (non-hydrogen) atoms. The molecule has 1 rings (SSSR count). The van der Waals surface area contributed by atoms with Crippen molar-refractivity contribution in [3.8, 4) is 0 Å². The van der Waals surface area contributed by atoms with Crippen LogP contribution in [0.1, 0.15) is 11.2 Å². The van der Waals surface area contributed by atoms with E-state index in [1.807, 2.05) is 0 Å². The van der Waals surface area contributed by atoms with Gasteiger partial charge in [0.1, 0.15) is 5.84 Å². The van der Waals surface area contributed by atoms with E-state index >= 15 is 0 Å². The second kappa shape index (κ2) is 3.92. The zero-order valence-corrected chi connectivity index (χ0v) is 8.11. The Labute approximate surface area is 81.2 Å². The van der Waals surface area contributed by atoms with Crippen LogP contribution in [0.25, 0.3) is 0 Å². The summed E-state index contributed by atoms with van der Waals surface area (Å²) in [5.74, 6) is -0.649. The van der Waals surface area contributed by atoms with Crippen molar-refractivity contribution in [1.82, 2.24) is 0 Å². The van der Waals surface area contributed by atoms with Gasteiger partial charge in [-0.05, 0) is 5.56 Å². The molecule has 1 aromatic carbocycles. The zero-order chi connectivity index (χ0) is 10.8. The monoisotopic (exact) mass is 212 g/mol. The van der Waals surface area contributed by atoms with E-state index in [2.05, 4.69) is 0 Å². The molecule has 0 saturated heterocycles. The van der Waals surface area contributed by atoms with Crippen molar-refractivity contribution in [3.05, 3.63) is 35.9 Å². The van der Waals surface area contributed by atoms with Gasteiger partial charge in [0, 0.05) is 0 Å². The van der Waals surface area contributed by atoms with Gasteiger partial charge in [-0.2, -0.15) is 0 Å². The molecular weight excluding hydrogens is 203 g/mol. The van der Waals surface area contributed by atoms with Gasteiger partial charge in [0.05, 0.1) is 5.66 Å². The molecule has 0 amide bonds. The summed E-state index contributed by atoms with van der Waals surface area (Å²) in [5.41, 5.74) is 3.74. The van der Waals surface area contributed by atoms with Gasteiger partial charge in [-0.1, -0.05) is 37.9 Å². The summed E-state index contributed by atoms with van der Waals surface area (Å²) >= 11 is 0. The minimum atomic E-state index is -4.90. The van der Waals surface area contributed by atoms with Gasteiger partial charge in [-0.3, -0.25) is 5.41 Å². The minimum absolute atomic E-state index is 0.230. The Morgan fingerprint density at radius 3 is 2.21 bits per heavy atom. The molecule has 0 heterocycles. The van der Waals surface area contributed by atoms with Crippen LogP contribution in [-0.2, 0) is 4.57 Å². The first-order chi connectivity index (χ1) is 6.43. The summed E-state index contributed by atoms with van der Waals surface area (Å²) in [6.45, 7) is 0. The number of hydrogen-bond donors (Lipinski definition) is 2. The first-order valence-corrected chi connectivity index (χ1v) is 5.44. The van der Waals surface area contributed by atoms with E-state index in [0.29, 0.717) is 0 Å². The van der Waals surface area contributed by atoms with Gasteiger partial charge in [-0.25, -0.2) is 0 Å². The number of hydrogen-bond acceptors (Lipinski definition) is 4. The highest BCUT2D eigenvalue weighted by molar-refractivity contribution is 7.50. The molecule has 0 fully saturated rings. The average Bonchev–Trinajstić information content (AvgIpc) is 2.02. The van der Waals surface area contributed by atoms with Gasteiger partial charge < -0.3 is 20.1 Å². The summed E-state index contributed by atoms with van der Waals surface area (Å²) in [6.07, 6.45) is 0. The molecule has 0 spiro atoms. The third kappa shape index (κ3) is 2.42. The summed E-state index contributed by atoms with van der Waals surface area (Å²) in [4.78, 5) is 21.6. The molecule has 1 unspecified atom stereocenters. The van der Waals surface area contributed by atoms with Crippen LogP contribution >= 0.6 is 7.60 Å². The fraction of sp³-hybridized carbons (Fsp3) is 0.125. The summed E-state index contributed by atoms with van der Waals surface area (Å²) in [6, 6.07) is 7.76. The smallest absolute Gasteiger partial charge is 0.103 e. The molecule has 0 aliphatic heterocycles. The average molecular weight is 212 g/mol. The van der Waals surface area contributed by atoms with Crippen molar-refractivity contribution in [3.63, 3.8) is 0 Å². The first kappa shape index (κ1) is 10.9. The molecule has 0 radical (unpaired) electrons. The number of rotatable bonds is 3. The molecule has 0 aliphatic carbocycles. The fourth-order valence-electron chi connectivity index (χ4n) is 1.17. The second-order valence-electron chi connectivity index (χ2n) is 2.81. The molecular formula is C8H9N2O3P-2. The maximum Gasteiger partial charge on any atom is 0.103 e. The molecule has 0 aromatic heterocycles. The van der Waals surface area contributed by atoms with Gasteiger partial charge in [0.2, 0.25) is 0 Å². The summed E-state index contributed by atoms with van der Waals surface area (Å²) in [5, 5.41) is 7.05. The van der Waals surface area contributed by atoms with E-state index in [0.717, 1.165) is 0 Å². The molecule has 1 atom stereocenters. The van der Waals surface area contributed by atoms with Crippen LogP contribution in [0.4, 0.5) is 0 Å². The fourth-order valence-corrected chi connectivity index (χ4v) is 2.05. The van der Waals surface area contributed by atoms with E-state index in [1.54, 1.807) is 18.2 Å². The van der Waals surface area contributed by atoms with Crippen molar-refractivity contribution in [2.45, 2.75) is 5.66 Å². The largest absolute Gasteiger partial charge is 0.810 e. The van der Waals surface area contributed by atoms with Crippen LogP contribution in [0.3, 0.4) is 0 Å². The minimum Gasteiger partial charge on any atom is -0.810 e. The first-order valence-electron chi connectivity index (χ1n) is 3.83. The molecule has 0 bridgehead atoms. The Balaban J connectivity index is 3.15. The van der Waals surface area contributed by atoms with Gasteiger partial charge in [-0.15, -0.1) is 0 Å². The summed E-state index contributed by atoms with van der Waals surface area (Å²) < 4.78 is 10.8. The Morgan fingerprint density at radius 1 is 1.36 bits per heavy atom. The van der Waals surface area contributed by atoms with Crippen LogP contribution < -0.4 is 15.5 Å². The van der Waals surface area contributed by atoms with E-state index in [1.165, 1.54) is 12.1 Å². The topological polar surface area (TPSA) is 113 Å². The highest BCUT2D eigenvalue weighted by Gasteiger charge is 2.18. The maximum absolute atomic E-state index is 10.8. The lowest BCUT2D eigenvalue weighted by atomic mass is 10.1. The molecule has 0 aliphatic rings. The highest BCUT2D eigenvalue weighted by Crippen LogP contribution is 2.43. The Morgan fingerprint density at radius 2 is 1.86 bits per heavy atom. The van der Waals surface area contributed by atoms with Crippen LogP contribution in [0, 0.1) is 5.41 Å². The highest BCUT2D eigenvalue weighted by atomic mass is 31.2. The predicted octanol–water partition coefficient (Wildman–Crippen LogP) is -0.423. The lowest BCUT2D eigenvalue weighted by Crippen LogP contribution is -2.30. The molecule has 3 N–H and O–H groups in total. The molecule has 76 valence electrons. The van der Waals surface area contributed by atoms with Crippen LogP contribution in [0.15, 0.2) is 30.3 Å². The Kier molecular flexibility index (Phi) is 3.06. The predicted molar refractivity (Wildman–Crippen MR) is 48.7 cm³/mol. The van der Waals surface area contributed by atoms with Gasteiger partial charge in [0.25, 0.3) is 0 Å². The quantitative estimate of drug-likeness (QED) is 0.402.